The van der Waals surface area contributed by atoms with Crippen molar-refractivity contribution in [3.05, 3.63) is 70.9 Å². The monoisotopic (exact) mass is 310 g/mol. The smallest absolute Gasteiger partial charge is 0.0497 e. The van der Waals surface area contributed by atoms with E-state index in [0.29, 0.717) is 6.04 Å². The summed E-state index contributed by atoms with van der Waals surface area (Å²) in [5.74, 6) is 0. The molecule has 0 fully saturated rings. The van der Waals surface area contributed by atoms with Crippen molar-refractivity contribution in [2.75, 3.05) is 0 Å². The van der Waals surface area contributed by atoms with E-state index in [2.05, 4.69) is 58.4 Å². The van der Waals surface area contributed by atoms with E-state index in [1.54, 1.807) is 0 Å². The summed E-state index contributed by atoms with van der Waals surface area (Å²) >= 11 is 6.17. The van der Waals surface area contributed by atoms with Gasteiger partial charge in [-0.3, -0.25) is 0 Å². The fourth-order valence-corrected chi connectivity index (χ4v) is 3.53. The highest BCUT2D eigenvalue weighted by Gasteiger charge is 2.20. The van der Waals surface area contributed by atoms with Gasteiger partial charge in [0.15, 0.2) is 0 Å². The van der Waals surface area contributed by atoms with Gasteiger partial charge in [0, 0.05) is 35.4 Å². The lowest BCUT2D eigenvalue weighted by atomic mass is 10.0. The highest BCUT2D eigenvalue weighted by molar-refractivity contribution is 6.31. The topological polar surface area (TPSA) is 17.0 Å². The Morgan fingerprint density at radius 3 is 2.82 bits per heavy atom. The van der Waals surface area contributed by atoms with Gasteiger partial charge < -0.3 is 9.88 Å². The van der Waals surface area contributed by atoms with Gasteiger partial charge in [-0.2, -0.15) is 0 Å². The van der Waals surface area contributed by atoms with Crippen molar-refractivity contribution < 1.29 is 0 Å². The first kappa shape index (κ1) is 13.9. The van der Waals surface area contributed by atoms with Crippen LogP contribution in [0.5, 0.6) is 0 Å². The molecule has 22 heavy (non-hydrogen) atoms. The van der Waals surface area contributed by atoms with Gasteiger partial charge in [0.05, 0.1) is 0 Å². The third-order valence-corrected chi connectivity index (χ3v) is 4.78. The van der Waals surface area contributed by atoms with Gasteiger partial charge in [-0.15, -0.1) is 0 Å². The van der Waals surface area contributed by atoms with E-state index >= 15 is 0 Å². The molecule has 0 unspecified atom stereocenters. The molecule has 1 aliphatic rings. The lowest BCUT2D eigenvalue weighted by Gasteiger charge is -2.26. The van der Waals surface area contributed by atoms with Crippen LogP contribution in [0.15, 0.2) is 54.6 Å². The Kier molecular flexibility index (Phi) is 3.65. The summed E-state index contributed by atoms with van der Waals surface area (Å²) in [6.45, 7) is 1.95. The first-order valence-electron chi connectivity index (χ1n) is 7.84. The van der Waals surface area contributed by atoms with Crippen LogP contribution in [0.4, 0.5) is 0 Å². The molecule has 4 rings (SSSR count). The molecule has 2 nitrogen and oxygen atoms in total. The van der Waals surface area contributed by atoms with Crippen LogP contribution in [0.2, 0.25) is 5.02 Å². The quantitative estimate of drug-likeness (QED) is 0.758. The van der Waals surface area contributed by atoms with E-state index < -0.39 is 0 Å². The maximum atomic E-state index is 6.17. The molecule has 0 aliphatic carbocycles. The minimum absolute atomic E-state index is 0.516. The summed E-state index contributed by atoms with van der Waals surface area (Å²) in [5, 5.41) is 5.80. The normalized spacial score (nSPS) is 17.6. The summed E-state index contributed by atoms with van der Waals surface area (Å²) in [5.41, 5.74) is 4.03. The van der Waals surface area contributed by atoms with Crippen LogP contribution in [0.1, 0.15) is 17.7 Å². The van der Waals surface area contributed by atoms with Gasteiger partial charge in [0.2, 0.25) is 0 Å². The molecule has 1 N–H and O–H groups in total. The van der Waals surface area contributed by atoms with Gasteiger partial charge in [-0.05, 0) is 42.0 Å². The zero-order chi connectivity index (χ0) is 14.9. The maximum absolute atomic E-state index is 6.17. The zero-order valence-corrected chi connectivity index (χ0v) is 13.2. The first-order valence-corrected chi connectivity index (χ1v) is 8.22. The second kappa shape index (κ2) is 5.79. The summed E-state index contributed by atoms with van der Waals surface area (Å²) in [7, 11) is 0. The molecule has 0 saturated heterocycles. The average Bonchev–Trinajstić information content (AvgIpc) is 2.91. The Hall–Kier alpha value is -1.77. The van der Waals surface area contributed by atoms with Crippen molar-refractivity contribution in [3.8, 4) is 0 Å². The van der Waals surface area contributed by atoms with E-state index in [-0.39, 0.29) is 0 Å². The number of fused-ring (bicyclic) bond motifs is 3. The standard InChI is InChI=1S/C19H19ClN2/c20-16-7-6-15-10-18-9-8-17(13-22(18)19(15)11-16)21-12-14-4-2-1-3-5-14/h1-7,10-11,17,21H,8-9,12-13H2/t17-/m0/s1. The summed E-state index contributed by atoms with van der Waals surface area (Å²) in [4.78, 5) is 0. The fraction of sp³-hybridized carbons (Fsp3) is 0.263. The third-order valence-electron chi connectivity index (χ3n) is 4.54. The van der Waals surface area contributed by atoms with Crippen LogP contribution in [0.25, 0.3) is 10.9 Å². The molecule has 3 aromatic rings. The minimum atomic E-state index is 0.516. The van der Waals surface area contributed by atoms with Crippen molar-refractivity contribution in [3.63, 3.8) is 0 Å². The number of aryl methyl sites for hydroxylation is 1. The zero-order valence-electron chi connectivity index (χ0n) is 12.4. The second-order valence-electron chi connectivity index (χ2n) is 6.05. The van der Waals surface area contributed by atoms with Crippen molar-refractivity contribution in [1.29, 1.82) is 0 Å². The fourth-order valence-electron chi connectivity index (χ4n) is 3.37. The molecule has 2 heterocycles. The Balaban J connectivity index is 1.53. The summed E-state index contributed by atoms with van der Waals surface area (Å²) in [6.07, 6.45) is 2.32. The van der Waals surface area contributed by atoms with Gasteiger partial charge in [0.25, 0.3) is 0 Å². The van der Waals surface area contributed by atoms with Crippen molar-refractivity contribution in [2.45, 2.75) is 32.0 Å². The molecular formula is C19H19ClN2. The number of nitrogens with one attached hydrogen (secondary N) is 1. The molecule has 112 valence electrons. The van der Waals surface area contributed by atoms with Crippen LogP contribution in [0, 0.1) is 0 Å². The van der Waals surface area contributed by atoms with E-state index in [1.807, 2.05) is 6.07 Å². The van der Waals surface area contributed by atoms with Crippen LogP contribution >= 0.6 is 11.6 Å². The molecule has 0 amide bonds. The predicted molar refractivity (Wildman–Crippen MR) is 92.3 cm³/mol. The largest absolute Gasteiger partial charge is 0.343 e. The van der Waals surface area contributed by atoms with Gasteiger partial charge in [0.1, 0.15) is 0 Å². The molecule has 0 radical (unpaired) electrons. The Morgan fingerprint density at radius 2 is 1.95 bits per heavy atom. The molecule has 2 aromatic carbocycles. The van der Waals surface area contributed by atoms with Crippen molar-refractivity contribution in [1.82, 2.24) is 9.88 Å². The number of aromatic nitrogens is 1. The maximum Gasteiger partial charge on any atom is 0.0497 e. The Labute approximate surface area is 135 Å². The minimum Gasteiger partial charge on any atom is -0.343 e. The molecule has 0 bridgehead atoms. The third kappa shape index (κ3) is 2.65. The highest BCUT2D eigenvalue weighted by Crippen LogP contribution is 2.27. The molecule has 0 saturated carbocycles. The lowest BCUT2D eigenvalue weighted by Crippen LogP contribution is -2.36. The van der Waals surface area contributed by atoms with Gasteiger partial charge >= 0.3 is 0 Å². The predicted octanol–water partition coefficient (Wildman–Crippen LogP) is 4.40. The number of halogens is 1. The van der Waals surface area contributed by atoms with Gasteiger partial charge in [-0.25, -0.2) is 0 Å². The van der Waals surface area contributed by atoms with Gasteiger partial charge in [-0.1, -0.05) is 48.0 Å². The summed E-state index contributed by atoms with van der Waals surface area (Å²) < 4.78 is 2.42. The number of benzene rings is 2. The summed E-state index contributed by atoms with van der Waals surface area (Å²) in [6, 6.07) is 19.6. The van der Waals surface area contributed by atoms with E-state index in [1.165, 1.54) is 28.6 Å². The second-order valence-corrected chi connectivity index (χ2v) is 6.49. The number of hydrogen-bond acceptors (Lipinski definition) is 1. The lowest BCUT2D eigenvalue weighted by molar-refractivity contribution is 0.389. The average molecular weight is 311 g/mol. The molecule has 1 atom stereocenters. The van der Waals surface area contributed by atoms with E-state index in [4.69, 9.17) is 11.6 Å². The van der Waals surface area contributed by atoms with Crippen LogP contribution in [-0.4, -0.2) is 10.6 Å². The van der Waals surface area contributed by atoms with Crippen molar-refractivity contribution >= 4 is 22.5 Å². The SMILES string of the molecule is Clc1ccc2cc3n(c2c1)C[C@@H](NCc1ccccc1)CC3. The number of hydrogen-bond donors (Lipinski definition) is 1. The van der Waals surface area contributed by atoms with Crippen LogP contribution < -0.4 is 5.32 Å². The molecule has 3 heteroatoms. The first-order chi connectivity index (χ1) is 10.8. The van der Waals surface area contributed by atoms with E-state index in [9.17, 15) is 0 Å². The van der Waals surface area contributed by atoms with Crippen LogP contribution in [-0.2, 0) is 19.5 Å². The Morgan fingerprint density at radius 1 is 1.09 bits per heavy atom. The number of nitrogens with zero attached hydrogens (tertiary/aromatic N) is 1. The molecule has 0 spiro atoms. The molecule has 1 aliphatic heterocycles. The van der Waals surface area contributed by atoms with E-state index in [0.717, 1.165) is 24.5 Å². The van der Waals surface area contributed by atoms with Crippen molar-refractivity contribution in [2.24, 2.45) is 0 Å². The Bertz CT molecular complexity index is 792. The molecular weight excluding hydrogens is 292 g/mol. The van der Waals surface area contributed by atoms with Crippen LogP contribution in [0.3, 0.4) is 0 Å². The molecule has 1 aromatic heterocycles. The number of rotatable bonds is 3. The highest BCUT2D eigenvalue weighted by atomic mass is 35.5.